The Morgan fingerprint density at radius 3 is 2.69 bits per heavy atom. The molecule has 4 rings (SSSR count). The highest BCUT2D eigenvalue weighted by atomic mass is 32.2. The molecule has 154 valence electrons. The summed E-state index contributed by atoms with van der Waals surface area (Å²) in [4.78, 5) is 12.5. The fraction of sp³-hybridized carbons (Fsp3) is 0.400. The van der Waals surface area contributed by atoms with Crippen LogP contribution in [0.3, 0.4) is 0 Å². The largest absolute Gasteiger partial charge is 0.368 e. The summed E-state index contributed by atoms with van der Waals surface area (Å²) in [6.45, 7) is 2.20. The predicted molar refractivity (Wildman–Crippen MR) is 119 cm³/mol. The van der Waals surface area contributed by atoms with Crippen molar-refractivity contribution in [1.82, 2.24) is 19.2 Å². The molecule has 29 heavy (non-hydrogen) atoms. The SMILES string of the molecule is CN(C)Cc1nc(NCCN2CCCS2(=O)=O)c2c(-c3ccccc3)csc2n1. The molecule has 0 aliphatic carbocycles. The van der Waals surface area contributed by atoms with Crippen LogP contribution in [0.25, 0.3) is 21.3 Å². The number of nitrogens with one attached hydrogen (secondary N) is 1. The molecule has 0 saturated carbocycles. The number of hydrogen-bond acceptors (Lipinski definition) is 7. The van der Waals surface area contributed by atoms with Crippen LogP contribution in [0.2, 0.25) is 0 Å². The van der Waals surface area contributed by atoms with Gasteiger partial charge in [-0.2, -0.15) is 0 Å². The highest BCUT2D eigenvalue weighted by Crippen LogP contribution is 2.37. The Kier molecular flexibility index (Phi) is 5.82. The van der Waals surface area contributed by atoms with E-state index in [2.05, 4.69) is 22.8 Å². The average molecular weight is 432 g/mol. The van der Waals surface area contributed by atoms with Crippen LogP contribution in [0.4, 0.5) is 5.82 Å². The fourth-order valence-corrected chi connectivity index (χ4v) is 6.03. The molecular formula is C20H25N5O2S2. The zero-order chi connectivity index (χ0) is 20.4. The van der Waals surface area contributed by atoms with Crippen molar-refractivity contribution in [2.24, 2.45) is 0 Å². The van der Waals surface area contributed by atoms with Crippen molar-refractivity contribution in [3.05, 3.63) is 41.5 Å². The fourth-order valence-electron chi connectivity index (χ4n) is 3.54. The van der Waals surface area contributed by atoms with Gasteiger partial charge < -0.3 is 10.2 Å². The molecule has 0 radical (unpaired) electrons. The van der Waals surface area contributed by atoms with E-state index >= 15 is 0 Å². The van der Waals surface area contributed by atoms with E-state index in [4.69, 9.17) is 9.97 Å². The van der Waals surface area contributed by atoms with Crippen LogP contribution in [-0.2, 0) is 16.6 Å². The van der Waals surface area contributed by atoms with Crippen molar-refractivity contribution in [3.63, 3.8) is 0 Å². The molecule has 3 heterocycles. The van der Waals surface area contributed by atoms with Crippen LogP contribution < -0.4 is 5.32 Å². The second-order valence-electron chi connectivity index (χ2n) is 7.42. The van der Waals surface area contributed by atoms with Gasteiger partial charge in [-0.25, -0.2) is 22.7 Å². The highest BCUT2D eigenvalue weighted by molar-refractivity contribution is 7.89. The lowest BCUT2D eigenvalue weighted by atomic mass is 10.1. The molecule has 1 aliphatic heterocycles. The third kappa shape index (κ3) is 4.42. The molecule has 3 aromatic rings. The van der Waals surface area contributed by atoms with Gasteiger partial charge in [0.25, 0.3) is 0 Å². The Morgan fingerprint density at radius 2 is 2.00 bits per heavy atom. The molecule has 0 spiro atoms. The van der Waals surface area contributed by atoms with Crippen molar-refractivity contribution in [2.45, 2.75) is 13.0 Å². The highest BCUT2D eigenvalue weighted by Gasteiger charge is 2.27. The van der Waals surface area contributed by atoms with Crippen molar-refractivity contribution in [3.8, 4) is 11.1 Å². The van der Waals surface area contributed by atoms with Gasteiger partial charge >= 0.3 is 0 Å². The standard InChI is InChI=1S/C20H25N5O2S2/c1-24(2)13-17-22-19(21-9-11-25-10-6-12-29(25,26)27)18-16(14-28-20(18)23-17)15-7-4-3-5-8-15/h3-5,7-8,14H,6,9-13H2,1-2H3,(H,21,22,23). The summed E-state index contributed by atoms with van der Waals surface area (Å²) in [6, 6.07) is 10.2. The van der Waals surface area contributed by atoms with Gasteiger partial charge in [-0.1, -0.05) is 30.3 Å². The number of hydrogen-bond donors (Lipinski definition) is 1. The van der Waals surface area contributed by atoms with Crippen LogP contribution in [0, 0.1) is 0 Å². The topological polar surface area (TPSA) is 78.4 Å². The maximum Gasteiger partial charge on any atom is 0.214 e. The van der Waals surface area contributed by atoms with Crippen molar-refractivity contribution in [2.75, 3.05) is 44.8 Å². The Balaban J connectivity index is 1.66. The van der Waals surface area contributed by atoms with Crippen molar-refractivity contribution < 1.29 is 8.42 Å². The van der Waals surface area contributed by atoms with E-state index < -0.39 is 10.0 Å². The number of anilines is 1. The number of benzene rings is 1. The maximum atomic E-state index is 12.1. The summed E-state index contributed by atoms with van der Waals surface area (Å²) < 4.78 is 25.7. The third-order valence-corrected chi connectivity index (χ3v) is 7.71. The van der Waals surface area contributed by atoms with Gasteiger partial charge in [0.05, 0.1) is 17.7 Å². The minimum Gasteiger partial charge on any atom is -0.368 e. The summed E-state index contributed by atoms with van der Waals surface area (Å²) in [7, 11) is 0.885. The number of nitrogens with zero attached hydrogens (tertiary/aromatic N) is 4. The van der Waals surface area contributed by atoms with Gasteiger partial charge in [0.2, 0.25) is 10.0 Å². The first-order valence-corrected chi connectivity index (χ1v) is 12.1. The van der Waals surface area contributed by atoms with Crippen molar-refractivity contribution in [1.29, 1.82) is 0 Å². The lowest BCUT2D eigenvalue weighted by molar-refractivity contribution is 0.391. The minimum absolute atomic E-state index is 0.250. The molecule has 1 aliphatic rings. The van der Waals surface area contributed by atoms with E-state index in [1.54, 1.807) is 15.6 Å². The Morgan fingerprint density at radius 1 is 1.21 bits per heavy atom. The molecule has 1 N–H and O–H groups in total. The van der Waals surface area contributed by atoms with Crippen LogP contribution >= 0.6 is 11.3 Å². The lowest BCUT2D eigenvalue weighted by Crippen LogP contribution is -2.31. The zero-order valence-electron chi connectivity index (χ0n) is 16.6. The first kappa shape index (κ1) is 20.2. The Hall–Kier alpha value is -2.07. The molecular weight excluding hydrogens is 406 g/mol. The molecule has 9 heteroatoms. The number of sulfonamides is 1. The predicted octanol–water partition coefficient (Wildman–Crippen LogP) is 2.87. The van der Waals surface area contributed by atoms with Crippen molar-refractivity contribution >= 4 is 37.4 Å². The first-order valence-electron chi connectivity index (χ1n) is 9.64. The van der Waals surface area contributed by atoms with Crippen LogP contribution in [0.1, 0.15) is 12.2 Å². The van der Waals surface area contributed by atoms with Gasteiger partial charge in [-0.15, -0.1) is 11.3 Å². The normalized spacial score (nSPS) is 16.7. The zero-order valence-corrected chi connectivity index (χ0v) is 18.3. The summed E-state index contributed by atoms with van der Waals surface area (Å²) in [5.41, 5.74) is 2.21. The van der Waals surface area contributed by atoms with E-state index in [0.717, 1.165) is 33.0 Å². The summed E-state index contributed by atoms with van der Waals surface area (Å²) in [5.74, 6) is 1.77. The molecule has 0 unspecified atom stereocenters. The quantitative estimate of drug-likeness (QED) is 0.620. The monoisotopic (exact) mass is 431 g/mol. The van der Waals surface area contributed by atoms with Gasteiger partial charge in [-0.3, -0.25) is 0 Å². The van der Waals surface area contributed by atoms with Gasteiger partial charge in [0, 0.05) is 30.6 Å². The van der Waals surface area contributed by atoms with E-state index in [0.29, 0.717) is 32.6 Å². The van der Waals surface area contributed by atoms with Gasteiger partial charge in [0.15, 0.2) is 0 Å². The summed E-state index contributed by atoms with van der Waals surface area (Å²) >= 11 is 1.61. The summed E-state index contributed by atoms with van der Waals surface area (Å²) in [5, 5.41) is 6.50. The second-order valence-corrected chi connectivity index (χ2v) is 10.4. The number of aromatic nitrogens is 2. The number of thiophene rings is 1. The van der Waals surface area contributed by atoms with E-state index in [9.17, 15) is 8.42 Å². The van der Waals surface area contributed by atoms with Crippen LogP contribution in [0.5, 0.6) is 0 Å². The summed E-state index contributed by atoms with van der Waals surface area (Å²) in [6.07, 6.45) is 0.704. The molecule has 0 bridgehead atoms. The Labute approximate surface area is 175 Å². The second kappa shape index (κ2) is 8.35. The van der Waals surface area contributed by atoms with Crippen LogP contribution in [-0.4, -0.2) is 67.1 Å². The number of fused-ring (bicyclic) bond motifs is 1. The van der Waals surface area contributed by atoms with Crippen LogP contribution in [0.15, 0.2) is 35.7 Å². The Bertz CT molecular complexity index is 1100. The molecule has 0 atom stereocenters. The molecule has 2 aromatic heterocycles. The smallest absolute Gasteiger partial charge is 0.214 e. The third-order valence-electron chi connectivity index (χ3n) is 4.88. The average Bonchev–Trinajstić information content (AvgIpc) is 3.25. The van der Waals surface area contributed by atoms with Gasteiger partial charge in [0.1, 0.15) is 16.5 Å². The minimum atomic E-state index is -3.09. The lowest BCUT2D eigenvalue weighted by Gasteiger charge is -2.16. The maximum absolute atomic E-state index is 12.1. The van der Waals surface area contributed by atoms with E-state index in [-0.39, 0.29) is 5.75 Å². The molecule has 1 aromatic carbocycles. The molecule has 1 saturated heterocycles. The molecule has 0 amide bonds. The first-order chi connectivity index (χ1) is 13.9. The van der Waals surface area contributed by atoms with Gasteiger partial charge in [-0.05, 0) is 26.1 Å². The van der Waals surface area contributed by atoms with E-state index in [1.165, 1.54) is 0 Å². The van der Waals surface area contributed by atoms with E-state index in [1.807, 2.05) is 37.2 Å². The molecule has 1 fully saturated rings. The number of rotatable bonds is 7. The molecule has 7 nitrogen and oxygen atoms in total.